The molecule has 4 heteroatoms. The van der Waals surface area contributed by atoms with Gasteiger partial charge in [0.1, 0.15) is 11.4 Å². The van der Waals surface area contributed by atoms with Crippen molar-refractivity contribution in [3.63, 3.8) is 0 Å². The summed E-state index contributed by atoms with van der Waals surface area (Å²) in [5.74, 6) is 1.84. The summed E-state index contributed by atoms with van der Waals surface area (Å²) in [4.78, 5) is 13.0. The zero-order valence-corrected chi connectivity index (χ0v) is 11.0. The van der Waals surface area contributed by atoms with Crippen molar-refractivity contribution in [2.45, 2.75) is 26.4 Å². The first kappa shape index (κ1) is 14.0. The van der Waals surface area contributed by atoms with Crippen LogP contribution < -0.4 is 4.90 Å². The molecule has 0 radical (unpaired) electrons. The maximum absolute atomic E-state index is 13.3. The van der Waals surface area contributed by atoms with Crippen LogP contribution in [-0.4, -0.2) is 18.7 Å². The SMILES string of the molecule is C#Cc1cc(F)cc(N(C)C(=O)OC(C)(C)C)c1. The van der Waals surface area contributed by atoms with Crippen LogP contribution in [0.25, 0.3) is 0 Å². The van der Waals surface area contributed by atoms with E-state index >= 15 is 0 Å². The predicted octanol–water partition coefficient (Wildman–Crippen LogP) is 3.18. The number of anilines is 1. The van der Waals surface area contributed by atoms with Crippen LogP contribution in [0.4, 0.5) is 14.9 Å². The van der Waals surface area contributed by atoms with Gasteiger partial charge < -0.3 is 4.74 Å². The van der Waals surface area contributed by atoms with Gasteiger partial charge in [0.15, 0.2) is 0 Å². The van der Waals surface area contributed by atoms with Gasteiger partial charge in [0.05, 0.1) is 5.69 Å². The van der Waals surface area contributed by atoms with Gasteiger partial charge in [-0.05, 0) is 39.0 Å². The van der Waals surface area contributed by atoms with Gasteiger partial charge >= 0.3 is 6.09 Å². The molecule has 0 spiro atoms. The van der Waals surface area contributed by atoms with Crippen LogP contribution in [0.5, 0.6) is 0 Å². The predicted molar refractivity (Wildman–Crippen MR) is 69.0 cm³/mol. The Labute approximate surface area is 107 Å². The molecule has 0 atom stereocenters. The smallest absolute Gasteiger partial charge is 0.414 e. The van der Waals surface area contributed by atoms with E-state index in [2.05, 4.69) is 5.92 Å². The lowest BCUT2D eigenvalue weighted by molar-refractivity contribution is 0.0589. The summed E-state index contributed by atoms with van der Waals surface area (Å²) in [6.45, 7) is 5.28. The highest BCUT2D eigenvalue weighted by Gasteiger charge is 2.21. The van der Waals surface area contributed by atoms with E-state index in [1.165, 1.54) is 24.1 Å². The summed E-state index contributed by atoms with van der Waals surface area (Å²) in [5, 5.41) is 0. The Bertz CT molecular complexity index is 497. The summed E-state index contributed by atoms with van der Waals surface area (Å²) in [6.07, 6.45) is 4.66. The molecule has 0 fully saturated rings. The minimum atomic E-state index is -0.604. The van der Waals surface area contributed by atoms with Crippen LogP contribution in [0, 0.1) is 18.2 Å². The summed E-state index contributed by atoms with van der Waals surface area (Å²) < 4.78 is 18.5. The molecule has 1 amide bonds. The van der Waals surface area contributed by atoms with Gasteiger partial charge in [-0.2, -0.15) is 0 Å². The lowest BCUT2D eigenvalue weighted by Gasteiger charge is -2.24. The van der Waals surface area contributed by atoms with E-state index in [0.29, 0.717) is 11.3 Å². The van der Waals surface area contributed by atoms with Crippen LogP contribution in [-0.2, 0) is 4.74 Å². The second-order valence-corrected chi connectivity index (χ2v) is 4.88. The Morgan fingerprint density at radius 1 is 1.39 bits per heavy atom. The Hall–Kier alpha value is -2.02. The third-order valence-electron chi connectivity index (χ3n) is 2.10. The average molecular weight is 249 g/mol. The number of hydrogen-bond donors (Lipinski definition) is 0. The second-order valence-electron chi connectivity index (χ2n) is 4.88. The Kier molecular flexibility index (Phi) is 3.97. The molecule has 0 aliphatic rings. The monoisotopic (exact) mass is 249 g/mol. The van der Waals surface area contributed by atoms with Crippen molar-refractivity contribution in [1.29, 1.82) is 0 Å². The maximum atomic E-state index is 13.3. The van der Waals surface area contributed by atoms with Gasteiger partial charge in [0, 0.05) is 12.6 Å². The molecule has 0 aromatic heterocycles. The first-order chi connectivity index (χ1) is 8.23. The fourth-order valence-electron chi connectivity index (χ4n) is 1.29. The molecule has 0 saturated carbocycles. The average Bonchev–Trinajstić information content (AvgIpc) is 2.24. The molecule has 18 heavy (non-hydrogen) atoms. The molecular formula is C14H16FNO2. The molecule has 3 nitrogen and oxygen atoms in total. The number of hydrogen-bond acceptors (Lipinski definition) is 2. The van der Waals surface area contributed by atoms with E-state index in [1.54, 1.807) is 26.8 Å². The molecule has 0 aliphatic carbocycles. The third kappa shape index (κ3) is 3.77. The van der Waals surface area contributed by atoms with Crippen LogP contribution >= 0.6 is 0 Å². The molecule has 1 rings (SSSR count). The van der Waals surface area contributed by atoms with Gasteiger partial charge in [-0.3, -0.25) is 4.90 Å². The van der Waals surface area contributed by atoms with Crippen molar-refractivity contribution < 1.29 is 13.9 Å². The van der Waals surface area contributed by atoms with Gasteiger partial charge in [-0.1, -0.05) is 5.92 Å². The number of amides is 1. The number of halogens is 1. The van der Waals surface area contributed by atoms with Gasteiger partial charge in [-0.15, -0.1) is 6.42 Å². The topological polar surface area (TPSA) is 29.5 Å². The van der Waals surface area contributed by atoms with Crippen molar-refractivity contribution in [3.8, 4) is 12.3 Å². The van der Waals surface area contributed by atoms with Crippen LogP contribution in [0.2, 0.25) is 0 Å². The highest BCUT2D eigenvalue weighted by Crippen LogP contribution is 2.19. The van der Waals surface area contributed by atoms with E-state index in [9.17, 15) is 9.18 Å². The highest BCUT2D eigenvalue weighted by atomic mass is 19.1. The maximum Gasteiger partial charge on any atom is 0.414 e. The molecule has 0 saturated heterocycles. The summed E-state index contributed by atoms with van der Waals surface area (Å²) in [6, 6.07) is 4.00. The van der Waals surface area contributed by atoms with Crippen LogP contribution in [0.1, 0.15) is 26.3 Å². The fourth-order valence-corrected chi connectivity index (χ4v) is 1.29. The normalized spacial score (nSPS) is 10.7. The number of carbonyl (C=O) groups excluding carboxylic acids is 1. The minimum absolute atomic E-state index is 0.359. The summed E-state index contributed by atoms with van der Waals surface area (Å²) >= 11 is 0. The number of carbonyl (C=O) groups is 1. The molecule has 0 heterocycles. The van der Waals surface area contributed by atoms with E-state index in [-0.39, 0.29) is 0 Å². The van der Waals surface area contributed by atoms with E-state index < -0.39 is 17.5 Å². The highest BCUT2D eigenvalue weighted by molar-refractivity contribution is 5.87. The molecule has 0 aliphatic heterocycles. The number of rotatable bonds is 1. The second kappa shape index (κ2) is 5.09. The zero-order valence-electron chi connectivity index (χ0n) is 11.0. The molecule has 96 valence electrons. The molecule has 0 bridgehead atoms. The number of terminal acetylenes is 1. The lowest BCUT2D eigenvalue weighted by Crippen LogP contribution is -2.34. The van der Waals surface area contributed by atoms with Crippen LogP contribution in [0.15, 0.2) is 18.2 Å². The molecule has 0 N–H and O–H groups in total. The Morgan fingerprint density at radius 2 is 2.00 bits per heavy atom. The first-order valence-corrected chi connectivity index (χ1v) is 5.47. The molecule has 0 unspecified atom stereocenters. The van der Waals surface area contributed by atoms with E-state index in [0.717, 1.165) is 0 Å². The fraction of sp³-hybridized carbons (Fsp3) is 0.357. The van der Waals surface area contributed by atoms with Gasteiger partial charge in [0.25, 0.3) is 0 Å². The number of nitrogens with zero attached hydrogens (tertiary/aromatic N) is 1. The molecule has 1 aromatic carbocycles. The van der Waals surface area contributed by atoms with Crippen molar-refractivity contribution in [3.05, 3.63) is 29.6 Å². The van der Waals surface area contributed by atoms with Crippen LogP contribution in [0.3, 0.4) is 0 Å². The first-order valence-electron chi connectivity index (χ1n) is 5.47. The van der Waals surface area contributed by atoms with Crippen molar-refractivity contribution in [1.82, 2.24) is 0 Å². The lowest BCUT2D eigenvalue weighted by atomic mass is 10.2. The van der Waals surface area contributed by atoms with Gasteiger partial charge in [-0.25, -0.2) is 9.18 Å². The molecular weight excluding hydrogens is 233 g/mol. The standard InChI is InChI=1S/C14H16FNO2/c1-6-10-7-11(15)9-12(8-10)16(5)13(17)18-14(2,3)4/h1,7-9H,2-5H3. The Morgan fingerprint density at radius 3 is 2.50 bits per heavy atom. The van der Waals surface area contributed by atoms with Crippen molar-refractivity contribution in [2.75, 3.05) is 11.9 Å². The van der Waals surface area contributed by atoms with Crippen molar-refractivity contribution >= 4 is 11.8 Å². The van der Waals surface area contributed by atoms with E-state index in [1.807, 2.05) is 0 Å². The minimum Gasteiger partial charge on any atom is -0.443 e. The third-order valence-corrected chi connectivity index (χ3v) is 2.10. The number of ether oxygens (including phenoxy) is 1. The van der Waals surface area contributed by atoms with E-state index in [4.69, 9.17) is 11.2 Å². The quantitative estimate of drug-likeness (QED) is 0.715. The molecule has 1 aromatic rings. The zero-order chi connectivity index (χ0) is 13.9. The summed E-state index contributed by atoms with van der Waals surface area (Å²) in [5.41, 5.74) is 0.130. The van der Waals surface area contributed by atoms with Crippen molar-refractivity contribution in [2.24, 2.45) is 0 Å². The summed E-state index contributed by atoms with van der Waals surface area (Å²) in [7, 11) is 1.50. The number of benzene rings is 1. The largest absolute Gasteiger partial charge is 0.443 e. The van der Waals surface area contributed by atoms with Gasteiger partial charge in [0.2, 0.25) is 0 Å². The Balaban J connectivity index is 2.97.